The third kappa shape index (κ3) is 1.73. The lowest BCUT2D eigenvalue weighted by atomic mass is 10.2. The van der Waals surface area contributed by atoms with Crippen molar-refractivity contribution in [3.63, 3.8) is 0 Å². The first kappa shape index (κ1) is 6.65. The Bertz CT molecular complexity index is 172. The molecule has 0 spiro atoms. The van der Waals surface area contributed by atoms with Gasteiger partial charge in [-0.2, -0.15) is 0 Å². The first-order chi connectivity index (χ1) is 4.30. The average Bonchev–Trinajstić information content (AvgIpc) is 1.90. The second-order valence-corrected chi connectivity index (χ2v) is 2.17. The zero-order chi connectivity index (χ0) is 6.69. The summed E-state index contributed by atoms with van der Waals surface area (Å²) in [5, 5.41) is 10.5. The Kier molecular flexibility index (Phi) is 2.14. The normalized spacial score (nSPS) is 13.1. The summed E-state index contributed by atoms with van der Waals surface area (Å²) in [6.45, 7) is 0. The standard InChI is InChI=1S/C7H6OS/c8-7(9)6-4-2-1-3-5-6/h1-5,7H. The minimum atomic E-state index is -1.01. The maximum absolute atomic E-state index is 10.5. The number of rotatable bonds is 1. The highest BCUT2D eigenvalue weighted by molar-refractivity contribution is 7.80. The van der Waals surface area contributed by atoms with Crippen LogP contribution in [0.15, 0.2) is 30.3 Å². The van der Waals surface area contributed by atoms with Crippen molar-refractivity contribution < 1.29 is 5.11 Å². The molecule has 0 saturated carbocycles. The van der Waals surface area contributed by atoms with Gasteiger partial charge in [0.15, 0.2) is 5.44 Å². The highest BCUT2D eigenvalue weighted by Crippen LogP contribution is 2.15. The molecule has 1 aromatic rings. The van der Waals surface area contributed by atoms with E-state index in [9.17, 15) is 5.11 Å². The molecule has 0 bridgehead atoms. The van der Waals surface area contributed by atoms with Crippen LogP contribution in [0, 0.1) is 0 Å². The molecule has 0 amide bonds. The topological polar surface area (TPSA) is 19.9 Å². The maximum Gasteiger partial charge on any atom is 0.173 e. The SMILES string of the molecule is [O]C([S])c1ccccc1. The second kappa shape index (κ2) is 2.90. The van der Waals surface area contributed by atoms with E-state index in [1.54, 1.807) is 12.1 Å². The van der Waals surface area contributed by atoms with Crippen molar-refractivity contribution in [2.24, 2.45) is 0 Å². The summed E-state index contributed by atoms with van der Waals surface area (Å²) in [5.41, 5.74) is -0.335. The Morgan fingerprint density at radius 2 is 1.78 bits per heavy atom. The van der Waals surface area contributed by atoms with Crippen LogP contribution in [0.4, 0.5) is 0 Å². The summed E-state index contributed by atoms with van der Waals surface area (Å²) >= 11 is 4.49. The predicted molar refractivity (Wildman–Crippen MR) is 37.5 cm³/mol. The van der Waals surface area contributed by atoms with Gasteiger partial charge in [-0.05, 0) is 5.56 Å². The van der Waals surface area contributed by atoms with E-state index in [4.69, 9.17) is 0 Å². The van der Waals surface area contributed by atoms with E-state index in [2.05, 4.69) is 12.6 Å². The summed E-state index contributed by atoms with van der Waals surface area (Å²) in [4.78, 5) is 0. The quantitative estimate of drug-likeness (QED) is 0.567. The molecule has 1 rings (SSSR count). The lowest BCUT2D eigenvalue weighted by Crippen LogP contribution is -1.82. The summed E-state index contributed by atoms with van der Waals surface area (Å²) in [6, 6.07) is 8.97. The van der Waals surface area contributed by atoms with Crippen molar-refractivity contribution in [3.8, 4) is 0 Å². The molecular weight excluding hydrogens is 132 g/mol. The van der Waals surface area contributed by atoms with Gasteiger partial charge in [0.2, 0.25) is 0 Å². The van der Waals surface area contributed by atoms with Gasteiger partial charge in [0, 0.05) is 0 Å². The fourth-order valence-electron chi connectivity index (χ4n) is 0.610. The van der Waals surface area contributed by atoms with Gasteiger partial charge in [-0.15, -0.1) is 0 Å². The second-order valence-electron chi connectivity index (χ2n) is 1.74. The molecule has 2 heteroatoms. The minimum Gasteiger partial charge on any atom is -0.215 e. The zero-order valence-corrected chi connectivity index (χ0v) is 5.60. The van der Waals surface area contributed by atoms with E-state index in [1.807, 2.05) is 18.2 Å². The molecule has 0 aromatic heterocycles. The molecule has 2 radical (unpaired) electrons. The Labute approximate surface area is 59.7 Å². The van der Waals surface area contributed by atoms with Crippen LogP contribution in [0.5, 0.6) is 0 Å². The molecule has 0 aliphatic carbocycles. The molecule has 0 fully saturated rings. The highest BCUT2D eigenvalue weighted by Gasteiger charge is 1.99. The molecule has 1 nitrogen and oxygen atoms in total. The molecule has 46 valence electrons. The molecule has 0 heterocycles. The Morgan fingerprint density at radius 1 is 1.22 bits per heavy atom. The van der Waals surface area contributed by atoms with Gasteiger partial charge in [-0.1, -0.05) is 43.0 Å². The predicted octanol–water partition coefficient (Wildman–Crippen LogP) is 2.31. The van der Waals surface area contributed by atoms with E-state index in [0.29, 0.717) is 5.56 Å². The van der Waals surface area contributed by atoms with Crippen molar-refractivity contribution in [3.05, 3.63) is 35.9 Å². The van der Waals surface area contributed by atoms with Crippen LogP contribution < -0.4 is 0 Å². The van der Waals surface area contributed by atoms with Crippen LogP contribution in [0.25, 0.3) is 0 Å². The average molecular weight is 138 g/mol. The number of hydrogen-bond acceptors (Lipinski definition) is 0. The third-order valence-electron chi connectivity index (χ3n) is 1.07. The summed E-state index contributed by atoms with van der Waals surface area (Å²) in [6.07, 6.45) is 0. The molecule has 0 aliphatic rings. The van der Waals surface area contributed by atoms with Gasteiger partial charge in [0.1, 0.15) is 0 Å². The molecule has 1 atom stereocenters. The van der Waals surface area contributed by atoms with Crippen LogP contribution in [-0.2, 0) is 5.11 Å². The molecule has 0 saturated heterocycles. The first-order valence-corrected chi connectivity index (χ1v) is 3.14. The van der Waals surface area contributed by atoms with Crippen LogP contribution in [0.3, 0.4) is 0 Å². The van der Waals surface area contributed by atoms with Gasteiger partial charge >= 0.3 is 0 Å². The van der Waals surface area contributed by atoms with Gasteiger partial charge in [-0.3, -0.25) is 0 Å². The molecule has 1 unspecified atom stereocenters. The summed E-state index contributed by atoms with van der Waals surface area (Å²) in [5.74, 6) is 0. The van der Waals surface area contributed by atoms with Crippen LogP contribution in [-0.4, -0.2) is 0 Å². The van der Waals surface area contributed by atoms with Crippen molar-refractivity contribution in [2.45, 2.75) is 5.44 Å². The Morgan fingerprint density at radius 3 is 2.11 bits per heavy atom. The van der Waals surface area contributed by atoms with E-state index in [-0.39, 0.29) is 0 Å². The first-order valence-electron chi connectivity index (χ1n) is 2.67. The van der Waals surface area contributed by atoms with E-state index < -0.39 is 5.44 Å². The van der Waals surface area contributed by atoms with Crippen LogP contribution >= 0.6 is 12.6 Å². The van der Waals surface area contributed by atoms with Crippen molar-refractivity contribution in [2.75, 3.05) is 0 Å². The number of benzene rings is 1. The van der Waals surface area contributed by atoms with Gasteiger partial charge in [0.25, 0.3) is 0 Å². The van der Waals surface area contributed by atoms with Gasteiger partial charge in [0.05, 0.1) is 0 Å². The lowest BCUT2D eigenvalue weighted by molar-refractivity contribution is 0.169. The minimum absolute atomic E-state index is 0.674. The molecule has 1 aromatic carbocycles. The smallest absolute Gasteiger partial charge is 0.173 e. The van der Waals surface area contributed by atoms with Crippen molar-refractivity contribution in [1.82, 2.24) is 0 Å². The largest absolute Gasteiger partial charge is 0.215 e. The summed E-state index contributed by atoms with van der Waals surface area (Å²) in [7, 11) is 0. The third-order valence-corrected chi connectivity index (χ3v) is 1.34. The Balaban J connectivity index is 2.85. The Hall–Kier alpha value is -0.470. The maximum atomic E-state index is 10.5. The van der Waals surface area contributed by atoms with E-state index in [0.717, 1.165) is 0 Å². The van der Waals surface area contributed by atoms with Crippen LogP contribution in [0.1, 0.15) is 11.0 Å². The van der Waals surface area contributed by atoms with Gasteiger partial charge < -0.3 is 0 Å². The molecule has 9 heavy (non-hydrogen) atoms. The van der Waals surface area contributed by atoms with Crippen molar-refractivity contribution >= 4 is 12.6 Å². The zero-order valence-electron chi connectivity index (χ0n) is 4.78. The van der Waals surface area contributed by atoms with Gasteiger partial charge in [-0.25, -0.2) is 5.11 Å². The highest BCUT2D eigenvalue weighted by atomic mass is 32.1. The van der Waals surface area contributed by atoms with E-state index >= 15 is 0 Å². The lowest BCUT2D eigenvalue weighted by Gasteiger charge is -1.96. The fraction of sp³-hybridized carbons (Fsp3) is 0.143. The number of hydrogen-bond donors (Lipinski definition) is 0. The van der Waals surface area contributed by atoms with Crippen LogP contribution in [0.2, 0.25) is 0 Å². The van der Waals surface area contributed by atoms with E-state index in [1.165, 1.54) is 0 Å². The monoisotopic (exact) mass is 138 g/mol. The fourth-order valence-corrected chi connectivity index (χ4v) is 0.767. The van der Waals surface area contributed by atoms with Crippen molar-refractivity contribution in [1.29, 1.82) is 0 Å². The molecule has 0 aliphatic heterocycles. The summed E-state index contributed by atoms with van der Waals surface area (Å²) < 4.78 is 0. The molecule has 0 N–H and O–H groups in total. The molecular formula is C7H6OS.